The van der Waals surface area contributed by atoms with E-state index in [4.69, 9.17) is 18.9 Å². The minimum atomic E-state index is -1.63. The molecule has 0 aromatic rings. The average Bonchev–Trinajstić information content (AvgIpc) is 3.34. The van der Waals surface area contributed by atoms with Crippen LogP contribution >= 0.6 is 0 Å². The van der Waals surface area contributed by atoms with Crippen LogP contribution in [0, 0.1) is 0 Å². The molecule has 0 fully saturated rings. The predicted molar refractivity (Wildman–Crippen MR) is 297 cm³/mol. The van der Waals surface area contributed by atoms with Gasteiger partial charge >= 0.3 is 11.9 Å². The van der Waals surface area contributed by atoms with E-state index in [1.165, 1.54) is 89.9 Å². The highest BCUT2D eigenvalue weighted by molar-refractivity contribution is 5.70. The highest BCUT2D eigenvalue weighted by atomic mass is 16.7. The fraction of sp³-hybridized carbons (Fsp3) is 0.694. The fourth-order valence-electron chi connectivity index (χ4n) is 7.49. The summed E-state index contributed by atoms with van der Waals surface area (Å²) in [6.07, 6.45) is 67.4. The van der Waals surface area contributed by atoms with Crippen molar-refractivity contribution in [3.05, 3.63) is 97.2 Å². The number of nitrogens with zero attached hydrogens (tertiary/aromatic N) is 1. The molecule has 0 aliphatic rings. The normalized spacial score (nSPS) is 13.5. The quantitative estimate of drug-likeness (QED) is 0.0195. The lowest BCUT2D eigenvalue weighted by Gasteiger charge is -2.26. The van der Waals surface area contributed by atoms with Gasteiger partial charge < -0.3 is 33.3 Å². The van der Waals surface area contributed by atoms with Gasteiger partial charge in [-0.05, 0) is 77.0 Å². The minimum absolute atomic E-state index is 0.143. The lowest BCUT2D eigenvalue weighted by molar-refractivity contribution is -0.870. The predicted octanol–water partition coefficient (Wildman–Crippen LogP) is 15.2. The van der Waals surface area contributed by atoms with Crippen molar-refractivity contribution in [3.63, 3.8) is 0 Å². The molecule has 0 heterocycles. The summed E-state index contributed by atoms with van der Waals surface area (Å²) in [4.78, 5) is 37.2. The second kappa shape index (κ2) is 52.5. The molecule has 406 valence electrons. The van der Waals surface area contributed by atoms with Crippen molar-refractivity contribution in [2.24, 2.45) is 0 Å². The molecule has 9 heteroatoms. The molecule has 2 unspecified atom stereocenters. The molecule has 0 spiro atoms. The van der Waals surface area contributed by atoms with Gasteiger partial charge in [0.25, 0.3) is 0 Å². The molecule has 0 saturated heterocycles. The molecule has 0 radical (unpaired) electrons. The summed E-state index contributed by atoms with van der Waals surface area (Å²) in [5.41, 5.74) is 0. The Kier molecular flexibility index (Phi) is 49.7. The van der Waals surface area contributed by atoms with Crippen LogP contribution in [0.1, 0.15) is 219 Å². The SMILES string of the molecule is CC/C=C\C/C=C\C/C=C\C/C=C\C/C=C\C/C=C\C/C=C\C/C=C\CCCCCCCCCCC(=O)OC(COC(=O)CCCCCCCCCCCCCCC)COC(OCC[N+](C)(C)C)C(=O)[O-]. The van der Waals surface area contributed by atoms with Crippen LogP contribution in [0.15, 0.2) is 97.2 Å². The number of carboxylic acids is 1. The van der Waals surface area contributed by atoms with Crippen molar-refractivity contribution in [3.8, 4) is 0 Å². The lowest BCUT2D eigenvalue weighted by Crippen LogP contribution is -2.44. The van der Waals surface area contributed by atoms with Crippen molar-refractivity contribution >= 4 is 17.9 Å². The van der Waals surface area contributed by atoms with Gasteiger partial charge in [-0.15, -0.1) is 0 Å². The van der Waals surface area contributed by atoms with Gasteiger partial charge in [-0.2, -0.15) is 0 Å². The number of hydrogen-bond donors (Lipinski definition) is 0. The minimum Gasteiger partial charge on any atom is -0.545 e. The standard InChI is InChI=1S/C62H105NO8/c1-6-8-10-12-14-16-18-20-21-22-23-24-25-26-27-28-29-30-31-32-33-34-35-36-37-38-39-41-43-45-47-49-51-53-60(65)71-58(57-70-62(61(66)67)68-55-54-63(3,4)5)56-69-59(64)52-50-48-46-44-42-40-19-17-15-13-11-9-7-2/h8,10,14,16,20-21,23-24,26-27,29-30,32-33,35-36,58,62H,6-7,9,11-13,15,17-19,22,25,28,31,34,37-57H2,1-5H3/b10-8-,16-14-,21-20-,24-23-,27-26-,30-29-,33-32-,36-35-. The third-order valence-electron chi connectivity index (χ3n) is 11.8. The van der Waals surface area contributed by atoms with Gasteiger partial charge in [0.2, 0.25) is 0 Å². The molecule has 0 bridgehead atoms. The molecule has 0 aliphatic heterocycles. The molecule has 2 atom stereocenters. The molecular weight excluding hydrogens is 887 g/mol. The number of allylic oxidation sites excluding steroid dienone is 16. The zero-order valence-electron chi connectivity index (χ0n) is 46.1. The number of carbonyl (C=O) groups is 3. The topological polar surface area (TPSA) is 111 Å². The number of hydrogen-bond acceptors (Lipinski definition) is 8. The van der Waals surface area contributed by atoms with Crippen LogP contribution in [0.2, 0.25) is 0 Å². The van der Waals surface area contributed by atoms with Crippen molar-refractivity contribution in [1.29, 1.82) is 0 Å². The highest BCUT2D eigenvalue weighted by Crippen LogP contribution is 2.15. The lowest BCUT2D eigenvalue weighted by atomic mass is 10.0. The van der Waals surface area contributed by atoms with Gasteiger partial charge in [0.05, 0.1) is 40.3 Å². The zero-order valence-corrected chi connectivity index (χ0v) is 46.1. The molecular formula is C62H105NO8. The first kappa shape index (κ1) is 67.2. The van der Waals surface area contributed by atoms with Gasteiger partial charge in [0.1, 0.15) is 13.2 Å². The number of carboxylic acid groups (broad SMARTS) is 1. The molecule has 0 rings (SSSR count). The van der Waals surface area contributed by atoms with E-state index in [1.54, 1.807) is 0 Å². The van der Waals surface area contributed by atoms with Crippen LogP contribution in [-0.2, 0) is 33.3 Å². The second-order valence-corrected chi connectivity index (χ2v) is 19.9. The fourth-order valence-corrected chi connectivity index (χ4v) is 7.49. The van der Waals surface area contributed by atoms with Crippen LogP contribution in [0.4, 0.5) is 0 Å². The van der Waals surface area contributed by atoms with Gasteiger partial charge in [-0.3, -0.25) is 9.59 Å². The van der Waals surface area contributed by atoms with Crippen LogP contribution in [-0.4, -0.2) is 82.3 Å². The van der Waals surface area contributed by atoms with E-state index in [0.717, 1.165) is 96.3 Å². The van der Waals surface area contributed by atoms with Crippen LogP contribution in [0.5, 0.6) is 0 Å². The first-order valence-electron chi connectivity index (χ1n) is 28.4. The van der Waals surface area contributed by atoms with Crippen molar-refractivity contribution < 1.29 is 42.9 Å². The smallest absolute Gasteiger partial charge is 0.306 e. The monoisotopic (exact) mass is 992 g/mol. The first-order chi connectivity index (χ1) is 34.6. The van der Waals surface area contributed by atoms with Crippen LogP contribution in [0.25, 0.3) is 0 Å². The van der Waals surface area contributed by atoms with E-state index >= 15 is 0 Å². The number of likely N-dealkylation sites (N-methyl/N-ethyl adjacent to an activating group) is 1. The number of unbranched alkanes of at least 4 members (excludes halogenated alkanes) is 20. The van der Waals surface area contributed by atoms with E-state index in [2.05, 4.69) is 111 Å². The summed E-state index contributed by atoms with van der Waals surface area (Å²) in [5, 5.41) is 11.7. The van der Waals surface area contributed by atoms with Gasteiger partial charge in [-0.25, -0.2) is 0 Å². The molecule has 0 saturated carbocycles. The Morgan fingerprint density at radius 1 is 0.437 bits per heavy atom. The Labute approximate surface area is 435 Å². The summed E-state index contributed by atoms with van der Waals surface area (Å²) >= 11 is 0. The zero-order chi connectivity index (χ0) is 52.0. The van der Waals surface area contributed by atoms with Crippen LogP contribution < -0.4 is 5.11 Å². The van der Waals surface area contributed by atoms with E-state index in [0.29, 0.717) is 17.4 Å². The molecule has 0 aliphatic carbocycles. The Balaban J connectivity index is 4.23. The number of rotatable bonds is 51. The number of ether oxygens (including phenoxy) is 4. The highest BCUT2D eigenvalue weighted by Gasteiger charge is 2.22. The summed E-state index contributed by atoms with van der Waals surface area (Å²) in [6, 6.07) is 0. The Hall–Kier alpha value is -3.79. The Morgan fingerprint density at radius 3 is 1.20 bits per heavy atom. The molecule has 71 heavy (non-hydrogen) atoms. The molecule has 0 N–H and O–H groups in total. The molecule has 9 nitrogen and oxygen atoms in total. The number of carbonyl (C=O) groups excluding carboxylic acids is 3. The third kappa shape index (κ3) is 53.8. The van der Waals surface area contributed by atoms with Crippen molar-refractivity contribution in [1.82, 2.24) is 0 Å². The van der Waals surface area contributed by atoms with E-state index < -0.39 is 24.3 Å². The summed E-state index contributed by atoms with van der Waals surface area (Å²) in [5.74, 6) is -2.30. The summed E-state index contributed by atoms with van der Waals surface area (Å²) in [7, 11) is 5.91. The van der Waals surface area contributed by atoms with E-state index in [9.17, 15) is 19.5 Å². The third-order valence-corrected chi connectivity index (χ3v) is 11.8. The largest absolute Gasteiger partial charge is 0.545 e. The first-order valence-corrected chi connectivity index (χ1v) is 28.4. The Morgan fingerprint density at radius 2 is 0.803 bits per heavy atom. The number of esters is 2. The number of quaternary nitrogens is 1. The molecule has 0 aromatic heterocycles. The number of aliphatic carboxylic acids is 1. The summed E-state index contributed by atoms with van der Waals surface area (Å²) in [6.45, 7) is 4.61. The maximum Gasteiger partial charge on any atom is 0.306 e. The van der Waals surface area contributed by atoms with Gasteiger partial charge in [0, 0.05) is 12.8 Å². The van der Waals surface area contributed by atoms with Crippen molar-refractivity contribution in [2.45, 2.75) is 232 Å². The van der Waals surface area contributed by atoms with E-state index in [1.807, 2.05) is 21.1 Å². The molecule has 0 amide bonds. The Bertz CT molecular complexity index is 1480. The second-order valence-electron chi connectivity index (χ2n) is 19.9. The molecule has 0 aromatic carbocycles. The van der Waals surface area contributed by atoms with E-state index in [-0.39, 0.29) is 38.6 Å². The summed E-state index contributed by atoms with van der Waals surface area (Å²) < 4.78 is 22.6. The maximum atomic E-state index is 12.8. The average molecular weight is 993 g/mol. The van der Waals surface area contributed by atoms with Crippen LogP contribution in [0.3, 0.4) is 0 Å². The van der Waals surface area contributed by atoms with Crippen molar-refractivity contribution in [2.75, 3.05) is 47.5 Å². The van der Waals surface area contributed by atoms with Gasteiger partial charge in [-0.1, -0.05) is 227 Å². The maximum absolute atomic E-state index is 12.8. The van der Waals surface area contributed by atoms with Gasteiger partial charge in [0.15, 0.2) is 12.4 Å².